The molecule has 0 radical (unpaired) electrons. The summed E-state index contributed by atoms with van der Waals surface area (Å²) in [6.07, 6.45) is 4.82. The zero-order chi connectivity index (χ0) is 13.0. The Morgan fingerprint density at radius 3 is 2.50 bits per heavy atom. The lowest BCUT2D eigenvalue weighted by molar-refractivity contribution is 0.0910. The lowest BCUT2D eigenvalue weighted by Gasteiger charge is -2.29. The highest BCUT2D eigenvalue weighted by molar-refractivity contribution is 5.94. The van der Waals surface area contributed by atoms with Crippen molar-refractivity contribution in [3.63, 3.8) is 0 Å². The van der Waals surface area contributed by atoms with Crippen LogP contribution in [0.1, 0.15) is 43.0 Å². The zero-order valence-corrected chi connectivity index (χ0v) is 11.1. The van der Waals surface area contributed by atoms with Gasteiger partial charge in [0.15, 0.2) is 0 Å². The van der Waals surface area contributed by atoms with Crippen molar-refractivity contribution in [2.75, 3.05) is 7.11 Å². The molecule has 1 amide bonds. The molecule has 18 heavy (non-hydrogen) atoms. The first kappa shape index (κ1) is 12.9. The third-order valence-corrected chi connectivity index (χ3v) is 3.78. The Morgan fingerprint density at radius 2 is 1.89 bits per heavy atom. The molecule has 2 rings (SSSR count). The van der Waals surface area contributed by atoms with E-state index >= 15 is 0 Å². The van der Waals surface area contributed by atoms with E-state index < -0.39 is 0 Å². The quantitative estimate of drug-likeness (QED) is 0.891. The van der Waals surface area contributed by atoms with Gasteiger partial charge in [0.2, 0.25) is 0 Å². The Bertz CT molecular complexity index is 399. The van der Waals surface area contributed by atoms with Crippen LogP contribution >= 0.6 is 0 Å². The van der Waals surface area contributed by atoms with Crippen LogP contribution in [0.2, 0.25) is 0 Å². The highest BCUT2D eigenvalue weighted by atomic mass is 16.5. The molecule has 3 heteroatoms. The van der Waals surface area contributed by atoms with E-state index in [-0.39, 0.29) is 5.91 Å². The number of hydrogen-bond acceptors (Lipinski definition) is 2. The van der Waals surface area contributed by atoms with Gasteiger partial charge in [0, 0.05) is 11.6 Å². The third-order valence-electron chi connectivity index (χ3n) is 3.78. The minimum absolute atomic E-state index is 0.0244. The molecule has 3 nitrogen and oxygen atoms in total. The van der Waals surface area contributed by atoms with E-state index in [4.69, 9.17) is 4.74 Å². The van der Waals surface area contributed by atoms with Crippen molar-refractivity contribution in [2.45, 2.75) is 38.6 Å². The molecule has 2 unspecified atom stereocenters. The van der Waals surface area contributed by atoms with Crippen LogP contribution in [-0.4, -0.2) is 19.1 Å². The van der Waals surface area contributed by atoms with Crippen LogP contribution in [0.3, 0.4) is 0 Å². The number of carbonyl (C=O) groups excluding carboxylic acids is 1. The van der Waals surface area contributed by atoms with E-state index in [1.807, 2.05) is 24.3 Å². The molecular weight excluding hydrogens is 226 g/mol. The number of rotatable bonds is 3. The Kier molecular flexibility index (Phi) is 4.24. The molecule has 1 aromatic rings. The van der Waals surface area contributed by atoms with Crippen molar-refractivity contribution < 1.29 is 9.53 Å². The first-order valence-corrected chi connectivity index (χ1v) is 6.65. The van der Waals surface area contributed by atoms with E-state index in [2.05, 4.69) is 12.2 Å². The number of methoxy groups -OCH3 is 1. The molecule has 0 aliphatic heterocycles. The van der Waals surface area contributed by atoms with Gasteiger partial charge in [-0.25, -0.2) is 0 Å². The number of ether oxygens (including phenoxy) is 1. The fourth-order valence-electron chi connectivity index (χ4n) is 2.52. The van der Waals surface area contributed by atoms with E-state index in [0.717, 1.165) is 12.2 Å². The summed E-state index contributed by atoms with van der Waals surface area (Å²) >= 11 is 0. The van der Waals surface area contributed by atoms with Gasteiger partial charge in [-0.15, -0.1) is 0 Å². The van der Waals surface area contributed by atoms with Crippen molar-refractivity contribution in [3.05, 3.63) is 29.8 Å². The summed E-state index contributed by atoms with van der Waals surface area (Å²) in [5.74, 6) is 1.38. The summed E-state index contributed by atoms with van der Waals surface area (Å²) in [6.45, 7) is 2.22. The zero-order valence-electron chi connectivity index (χ0n) is 11.1. The van der Waals surface area contributed by atoms with Crippen molar-refractivity contribution in [1.82, 2.24) is 5.32 Å². The van der Waals surface area contributed by atoms with E-state index in [9.17, 15) is 4.79 Å². The van der Waals surface area contributed by atoms with Gasteiger partial charge < -0.3 is 10.1 Å². The summed E-state index contributed by atoms with van der Waals surface area (Å²) in [6, 6.07) is 7.58. The fraction of sp³-hybridized carbons (Fsp3) is 0.533. The summed E-state index contributed by atoms with van der Waals surface area (Å²) < 4.78 is 5.08. The van der Waals surface area contributed by atoms with Crippen molar-refractivity contribution in [2.24, 2.45) is 5.92 Å². The maximum Gasteiger partial charge on any atom is 0.251 e. The second-order valence-electron chi connectivity index (χ2n) is 5.07. The SMILES string of the molecule is COc1ccc(C(=O)NC2CCCCC2C)cc1. The van der Waals surface area contributed by atoms with Crippen LogP contribution in [0.15, 0.2) is 24.3 Å². The van der Waals surface area contributed by atoms with Crippen LogP contribution in [0, 0.1) is 5.92 Å². The highest BCUT2D eigenvalue weighted by Gasteiger charge is 2.23. The number of hydrogen-bond donors (Lipinski definition) is 1. The third kappa shape index (κ3) is 3.03. The first-order chi connectivity index (χ1) is 8.70. The predicted molar refractivity (Wildman–Crippen MR) is 71.9 cm³/mol. The average Bonchev–Trinajstić information content (AvgIpc) is 2.41. The molecule has 1 fully saturated rings. The van der Waals surface area contributed by atoms with E-state index in [1.54, 1.807) is 7.11 Å². The van der Waals surface area contributed by atoms with Crippen LogP contribution in [0.25, 0.3) is 0 Å². The van der Waals surface area contributed by atoms with Gasteiger partial charge >= 0.3 is 0 Å². The lowest BCUT2D eigenvalue weighted by Crippen LogP contribution is -2.41. The molecule has 2 atom stereocenters. The molecule has 0 heterocycles. The summed E-state index contributed by atoms with van der Waals surface area (Å²) in [7, 11) is 1.62. The van der Waals surface area contributed by atoms with Gasteiger partial charge in [-0.3, -0.25) is 4.79 Å². The fourth-order valence-corrected chi connectivity index (χ4v) is 2.52. The molecule has 1 aromatic carbocycles. The molecule has 0 bridgehead atoms. The average molecular weight is 247 g/mol. The van der Waals surface area contributed by atoms with Crippen LogP contribution in [0.4, 0.5) is 0 Å². The smallest absolute Gasteiger partial charge is 0.251 e. The molecule has 1 aliphatic rings. The maximum atomic E-state index is 12.1. The molecule has 98 valence electrons. The molecule has 1 N–H and O–H groups in total. The van der Waals surface area contributed by atoms with Gasteiger partial charge in [-0.1, -0.05) is 19.8 Å². The largest absolute Gasteiger partial charge is 0.497 e. The molecular formula is C15H21NO2. The second-order valence-corrected chi connectivity index (χ2v) is 5.07. The second kappa shape index (κ2) is 5.89. The number of benzene rings is 1. The molecule has 0 spiro atoms. The Hall–Kier alpha value is -1.51. The van der Waals surface area contributed by atoms with Crippen LogP contribution in [-0.2, 0) is 0 Å². The maximum absolute atomic E-state index is 12.1. The van der Waals surface area contributed by atoms with Gasteiger partial charge in [-0.05, 0) is 43.0 Å². The van der Waals surface area contributed by atoms with Gasteiger partial charge in [0.25, 0.3) is 5.91 Å². The Labute approximate surface area is 109 Å². The Balaban J connectivity index is 1.97. The minimum Gasteiger partial charge on any atom is -0.497 e. The number of amides is 1. The highest BCUT2D eigenvalue weighted by Crippen LogP contribution is 2.24. The van der Waals surface area contributed by atoms with E-state index in [0.29, 0.717) is 17.5 Å². The minimum atomic E-state index is 0.0244. The summed E-state index contributed by atoms with van der Waals surface area (Å²) in [5.41, 5.74) is 0.702. The topological polar surface area (TPSA) is 38.3 Å². The van der Waals surface area contributed by atoms with E-state index in [1.165, 1.54) is 19.3 Å². The predicted octanol–water partition coefficient (Wildman–Crippen LogP) is 3.00. The molecule has 0 aromatic heterocycles. The van der Waals surface area contributed by atoms with Crippen molar-refractivity contribution in [3.8, 4) is 5.75 Å². The van der Waals surface area contributed by atoms with Crippen molar-refractivity contribution >= 4 is 5.91 Å². The lowest BCUT2D eigenvalue weighted by atomic mass is 9.86. The summed E-state index contributed by atoms with van der Waals surface area (Å²) in [5, 5.41) is 3.14. The van der Waals surface area contributed by atoms with Gasteiger partial charge in [-0.2, -0.15) is 0 Å². The monoisotopic (exact) mass is 247 g/mol. The van der Waals surface area contributed by atoms with Gasteiger partial charge in [0.1, 0.15) is 5.75 Å². The molecule has 1 saturated carbocycles. The number of nitrogens with one attached hydrogen (secondary N) is 1. The molecule has 0 saturated heterocycles. The van der Waals surface area contributed by atoms with Crippen LogP contribution in [0.5, 0.6) is 5.75 Å². The summed E-state index contributed by atoms with van der Waals surface area (Å²) in [4.78, 5) is 12.1. The van der Waals surface area contributed by atoms with Crippen molar-refractivity contribution in [1.29, 1.82) is 0 Å². The number of carbonyl (C=O) groups is 1. The standard InChI is InChI=1S/C15H21NO2/c1-11-5-3-4-6-14(11)16-15(17)12-7-9-13(18-2)10-8-12/h7-11,14H,3-6H2,1-2H3,(H,16,17). The molecule has 1 aliphatic carbocycles. The van der Waals surface area contributed by atoms with Gasteiger partial charge in [0.05, 0.1) is 7.11 Å². The normalized spacial score (nSPS) is 23.4. The first-order valence-electron chi connectivity index (χ1n) is 6.65. The van der Waals surface area contributed by atoms with Crippen LogP contribution < -0.4 is 10.1 Å². The Morgan fingerprint density at radius 1 is 1.22 bits per heavy atom.